The molecule has 2 aromatic carbocycles. The van der Waals surface area contributed by atoms with Crippen molar-refractivity contribution in [1.29, 1.82) is 0 Å². The van der Waals surface area contributed by atoms with Crippen LogP contribution in [0.5, 0.6) is 11.5 Å². The maximum absolute atomic E-state index is 12.8. The highest BCUT2D eigenvalue weighted by Gasteiger charge is 2.33. The Hall–Kier alpha value is -2.61. The Bertz CT molecular complexity index is 1080. The van der Waals surface area contributed by atoms with Gasteiger partial charge in [0.05, 0.1) is 17.1 Å². The minimum absolute atomic E-state index is 0.117. The monoisotopic (exact) mass is 485 g/mol. The number of halogens is 1. The predicted molar refractivity (Wildman–Crippen MR) is 133 cm³/mol. The molecule has 2 aliphatic heterocycles. The second-order valence-corrected chi connectivity index (χ2v) is 10.1. The molecule has 0 aromatic heterocycles. The molecule has 3 atom stereocenters. The van der Waals surface area contributed by atoms with E-state index in [1.54, 1.807) is 26.0 Å². The number of nitrogens with zero attached hydrogens (tertiary/aromatic N) is 2. The molecule has 0 unspecified atom stereocenters. The van der Waals surface area contributed by atoms with Gasteiger partial charge in [0.1, 0.15) is 23.4 Å². The predicted octanol–water partition coefficient (Wildman–Crippen LogP) is 4.53. The lowest BCUT2D eigenvalue weighted by Gasteiger charge is -2.38. The van der Waals surface area contributed by atoms with E-state index in [2.05, 4.69) is 10.2 Å². The van der Waals surface area contributed by atoms with Crippen LogP contribution in [-0.4, -0.2) is 59.2 Å². The van der Waals surface area contributed by atoms with Gasteiger partial charge in [-0.1, -0.05) is 30.7 Å². The normalized spacial score (nSPS) is 19.6. The molecule has 2 heterocycles. The summed E-state index contributed by atoms with van der Waals surface area (Å²) in [5.41, 5.74) is 0.668. The summed E-state index contributed by atoms with van der Waals surface area (Å²) in [5.74, 6) is 1.52. The molecule has 0 radical (unpaired) electrons. The van der Waals surface area contributed by atoms with E-state index in [1.807, 2.05) is 44.2 Å². The maximum atomic E-state index is 12.8. The van der Waals surface area contributed by atoms with E-state index in [0.29, 0.717) is 36.0 Å². The number of rotatable bonds is 5. The number of hydrogen-bond acceptors (Lipinski definition) is 7. The van der Waals surface area contributed by atoms with Gasteiger partial charge in [0.15, 0.2) is 5.75 Å². The van der Waals surface area contributed by atoms with Crippen LogP contribution in [0.1, 0.15) is 39.7 Å². The molecular formula is C26H32ClN3O4. The molecule has 8 heteroatoms. The van der Waals surface area contributed by atoms with Crippen molar-refractivity contribution < 1.29 is 19.4 Å². The molecule has 0 amide bonds. The number of aliphatic hydroxyl groups is 1. The number of aliphatic imine (C=N–C) groups is 1. The van der Waals surface area contributed by atoms with Crippen LogP contribution in [0.25, 0.3) is 0 Å². The fourth-order valence-corrected chi connectivity index (χ4v) is 4.63. The second-order valence-electron chi connectivity index (χ2n) is 9.71. The maximum Gasteiger partial charge on any atom is 0.310 e. The molecule has 0 saturated carbocycles. The van der Waals surface area contributed by atoms with Gasteiger partial charge in [-0.15, -0.1) is 0 Å². The summed E-state index contributed by atoms with van der Waals surface area (Å²) in [7, 11) is 0. The zero-order valence-electron chi connectivity index (χ0n) is 20.0. The van der Waals surface area contributed by atoms with E-state index in [1.165, 1.54) is 0 Å². The summed E-state index contributed by atoms with van der Waals surface area (Å²) in [6.07, 6.45) is 0.0109. The molecule has 7 nitrogen and oxygen atoms in total. The van der Waals surface area contributed by atoms with E-state index >= 15 is 0 Å². The highest BCUT2D eigenvalue weighted by atomic mass is 35.5. The Balaban J connectivity index is 1.55. The zero-order valence-corrected chi connectivity index (χ0v) is 20.8. The minimum atomic E-state index is -0.894. The standard InChI is InChI=1S/C26H32ClN3O4/c1-16(14-26(3,4)32)33-25(31)17(2)21-15-30(12-11-28-21)24-19-7-5-6-8-22(19)34-23-10-9-18(27)13-20(23)29-24/h5-10,13,16-17,21,28,32H,11-12,14-15H2,1-4H3/t16-,17+,21+/m1/s1. The Kier molecular flexibility index (Phi) is 7.17. The average Bonchev–Trinajstić information content (AvgIpc) is 2.94. The van der Waals surface area contributed by atoms with Crippen molar-refractivity contribution in [1.82, 2.24) is 10.2 Å². The van der Waals surface area contributed by atoms with Gasteiger partial charge < -0.3 is 24.8 Å². The van der Waals surface area contributed by atoms with Crippen molar-refractivity contribution in [3.8, 4) is 11.5 Å². The average molecular weight is 486 g/mol. The van der Waals surface area contributed by atoms with Crippen molar-refractivity contribution in [3.05, 3.63) is 53.1 Å². The molecule has 2 aliphatic rings. The van der Waals surface area contributed by atoms with Crippen molar-refractivity contribution in [2.75, 3.05) is 19.6 Å². The fourth-order valence-electron chi connectivity index (χ4n) is 4.46. The van der Waals surface area contributed by atoms with Crippen LogP contribution in [0, 0.1) is 5.92 Å². The van der Waals surface area contributed by atoms with Crippen LogP contribution in [-0.2, 0) is 9.53 Å². The number of amidine groups is 1. The van der Waals surface area contributed by atoms with Crippen molar-refractivity contribution in [3.63, 3.8) is 0 Å². The molecule has 2 N–H and O–H groups in total. The number of piperazine rings is 1. The lowest BCUT2D eigenvalue weighted by atomic mass is 9.98. The van der Waals surface area contributed by atoms with Gasteiger partial charge in [0, 0.05) is 37.1 Å². The summed E-state index contributed by atoms with van der Waals surface area (Å²) < 4.78 is 11.8. The molecule has 1 saturated heterocycles. The number of para-hydroxylation sites is 1. The number of nitrogens with one attached hydrogen (secondary N) is 1. The first-order valence-corrected chi connectivity index (χ1v) is 12.1. The van der Waals surface area contributed by atoms with E-state index in [9.17, 15) is 9.90 Å². The lowest BCUT2D eigenvalue weighted by Crippen LogP contribution is -2.56. The van der Waals surface area contributed by atoms with Gasteiger partial charge in [0.25, 0.3) is 0 Å². The van der Waals surface area contributed by atoms with Crippen LogP contribution >= 0.6 is 11.6 Å². The third-order valence-electron chi connectivity index (χ3n) is 6.08. The Morgan fingerprint density at radius 2 is 2.06 bits per heavy atom. The van der Waals surface area contributed by atoms with Gasteiger partial charge in [0.2, 0.25) is 0 Å². The number of carbonyl (C=O) groups excluding carboxylic acids is 1. The first-order chi connectivity index (χ1) is 16.1. The number of hydrogen-bond donors (Lipinski definition) is 2. The van der Waals surface area contributed by atoms with Crippen LogP contribution in [0.2, 0.25) is 5.02 Å². The second kappa shape index (κ2) is 9.94. The smallest absolute Gasteiger partial charge is 0.310 e. The number of esters is 1. The number of ether oxygens (including phenoxy) is 2. The van der Waals surface area contributed by atoms with Gasteiger partial charge in [-0.2, -0.15) is 0 Å². The first kappa shape index (κ1) is 24.5. The topological polar surface area (TPSA) is 83.4 Å². The van der Waals surface area contributed by atoms with Gasteiger partial charge >= 0.3 is 5.97 Å². The Morgan fingerprint density at radius 1 is 1.29 bits per heavy atom. The quantitative estimate of drug-likeness (QED) is 0.605. The van der Waals surface area contributed by atoms with Crippen molar-refractivity contribution in [2.45, 2.75) is 51.9 Å². The molecule has 2 aromatic rings. The summed E-state index contributed by atoms with van der Waals surface area (Å²) >= 11 is 6.24. The SMILES string of the molecule is C[C@H](CC(C)(C)O)OC(=O)[C@@H](C)[C@@H]1CN(C2=Nc3cc(Cl)ccc3Oc3ccccc32)CCN1. The van der Waals surface area contributed by atoms with E-state index < -0.39 is 5.60 Å². The number of carbonyl (C=O) groups is 1. The molecule has 0 bridgehead atoms. The van der Waals surface area contributed by atoms with E-state index in [0.717, 1.165) is 23.7 Å². The minimum Gasteiger partial charge on any atom is -0.462 e. The molecule has 0 spiro atoms. The van der Waals surface area contributed by atoms with Crippen molar-refractivity contribution >= 4 is 29.1 Å². The summed E-state index contributed by atoms with van der Waals surface area (Å²) in [6.45, 7) is 9.12. The van der Waals surface area contributed by atoms with Gasteiger partial charge in [-0.3, -0.25) is 4.79 Å². The van der Waals surface area contributed by atoms with Crippen molar-refractivity contribution in [2.24, 2.45) is 10.9 Å². The van der Waals surface area contributed by atoms with E-state index in [-0.39, 0.29) is 24.0 Å². The largest absolute Gasteiger partial charge is 0.462 e. The van der Waals surface area contributed by atoms with Gasteiger partial charge in [-0.25, -0.2) is 4.99 Å². The third-order valence-corrected chi connectivity index (χ3v) is 6.31. The zero-order chi connectivity index (χ0) is 24.5. The van der Waals surface area contributed by atoms with Crippen LogP contribution in [0.3, 0.4) is 0 Å². The molecule has 34 heavy (non-hydrogen) atoms. The first-order valence-electron chi connectivity index (χ1n) is 11.7. The molecular weight excluding hydrogens is 454 g/mol. The van der Waals surface area contributed by atoms with Crippen LogP contribution in [0.15, 0.2) is 47.5 Å². The Morgan fingerprint density at radius 3 is 2.82 bits per heavy atom. The lowest BCUT2D eigenvalue weighted by molar-refractivity contribution is -0.156. The Labute approximate surface area is 205 Å². The van der Waals surface area contributed by atoms with E-state index in [4.69, 9.17) is 26.1 Å². The summed E-state index contributed by atoms with van der Waals surface area (Å²) in [6, 6.07) is 13.1. The highest BCUT2D eigenvalue weighted by Crippen LogP contribution is 2.39. The van der Waals surface area contributed by atoms with Crippen LogP contribution in [0.4, 0.5) is 5.69 Å². The summed E-state index contributed by atoms with van der Waals surface area (Å²) in [5, 5.41) is 14.1. The summed E-state index contributed by atoms with van der Waals surface area (Å²) in [4.78, 5) is 20.0. The highest BCUT2D eigenvalue weighted by molar-refractivity contribution is 6.31. The number of benzene rings is 2. The molecule has 4 rings (SSSR count). The fraction of sp³-hybridized carbons (Fsp3) is 0.462. The molecule has 182 valence electrons. The molecule has 1 fully saturated rings. The molecule has 0 aliphatic carbocycles. The van der Waals surface area contributed by atoms with Crippen LogP contribution < -0.4 is 10.1 Å². The number of fused-ring (bicyclic) bond motifs is 2. The van der Waals surface area contributed by atoms with Gasteiger partial charge in [-0.05, 0) is 51.1 Å². The third kappa shape index (κ3) is 5.71.